The van der Waals surface area contributed by atoms with Crippen molar-refractivity contribution >= 4 is 11.6 Å². The van der Waals surface area contributed by atoms with E-state index < -0.39 is 5.82 Å². The molecule has 0 saturated carbocycles. The lowest BCUT2D eigenvalue weighted by Crippen LogP contribution is -2.32. The van der Waals surface area contributed by atoms with Gasteiger partial charge in [0.15, 0.2) is 0 Å². The third-order valence-electron chi connectivity index (χ3n) is 2.97. The second-order valence-corrected chi connectivity index (χ2v) is 4.43. The molecule has 0 aliphatic carbocycles. The molecule has 1 aliphatic heterocycles. The van der Waals surface area contributed by atoms with Crippen LogP contribution in [-0.4, -0.2) is 36.7 Å². The molecule has 2 rings (SSSR count). The summed E-state index contributed by atoms with van der Waals surface area (Å²) < 4.78 is 12.9. The van der Waals surface area contributed by atoms with Crippen LogP contribution in [0.2, 0.25) is 0 Å². The van der Waals surface area contributed by atoms with Gasteiger partial charge in [-0.3, -0.25) is 4.79 Å². The van der Waals surface area contributed by atoms with Gasteiger partial charge in [-0.25, -0.2) is 9.82 Å². The average molecular weight is 249 g/mol. The Morgan fingerprint density at radius 2 is 2.11 bits per heavy atom. The number of hydrogen-bond donors (Lipinski definition) is 1. The lowest BCUT2D eigenvalue weighted by atomic mass is 10.1. The molecule has 1 aliphatic rings. The molecule has 0 aromatic heterocycles. The van der Waals surface area contributed by atoms with Gasteiger partial charge in [0.2, 0.25) is 0 Å². The van der Waals surface area contributed by atoms with E-state index in [1.807, 2.05) is 0 Å². The van der Waals surface area contributed by atoms with Gasteiger partial charge < -0.3 is 4.90 Å². The fourth-order valence-corrected chi connectivity index (χ4v) is 1.81. The maximum atomic E-state index is 12.9. The number of nitrogens with zero attached hydrogens (tertiary/aromatic N) is 2. The molecule has 0 radical (unpaired) electrons. The minimum atomic E-state index is -0.422. The molecule has 0 bridgehead atoms. The highest BCUT2D eigenvalue weighted by atomic mass is 19.1. The van der Waals surface area contributed by atoms with Crippen molar-refractivity contribution < 1.29 is 9.18 Å². The standard InChI is InChI=1S/C13H16FN3O/c1-17-7-5-12(6-8-17)15-16-13(18)10-3-2-4-11(14)9-10/h2-4,9H,5-8H2,1H3,(H,16,18). The number of rotatable bonds is 2. The van der Waals surface area contributed by atoms with E-state index in [-0.39, 0.29) is 11.5 Å². The SMILES string of the molecule is CN1CCC(=NNC(=O)c2cccc(F)c2)CC1. The maximum absolute atomic E-state index is 12.9. The van der Waals surface area contributed by atoms with Gasteiger partial charge in [0.25, 0.3) is 5.91 Å². The first-order chi connectivity index (χ1) is 8.65. The summed E-state index contributed by atoms with van der Waals surface area (Å²) in [7, 11) is 2.06. The minimum absolute atomic E-state index is 0.285. The number of hydrazone groups is 1. The third-order valence-corrected chi connectivity index (χ3v) is 2.97. The number of carbonyl (C=O) groups excluding carboxylic acids is 1. The summed E-state index contributed by atoms with van der Waals surface area (Å²) in [5.74, 6) is -0.796. The van der Waals surface area contributed by atoms with E-state index in [1.165, 1.54) is 18.2 Å². The Balaban J connectivity index is 1.94. The first kappa shape index (κ1) is 12.7. The zero-order valence-electron chi connectivity index (χ0n) is 10.3. The maximum Gasteiger partial charge on any atom is 0.271 e. The van der Waals surface area contributed by atoms with Crippen molar-refractivity contribution in [2.24, 2.45) is 5.10 Å². The Bertz CT molecular complexity index is 463. The number of nitrogens with one attached hydrogen (secondary N) is 1. The summed E-state index contributed by atoms with van der Waals surface area (Å²) in [6.45, 7) is 1.91. The van der Waals surface area contributed by atoms with Crippen molar-refractivity contribution in [2.75, 3.05) is 20.1 Å². The van der Waals surface area contributed by atoms with Gasteiger partial charge >= 0.3 is 0 Å². The van der Waals surface area contributed by atoms with Crippen molar-refractivity contribution in [3.05, 3.63) is 35.6 Å². The molecular weight excluding hydrogens is 233 g/mol. The summed E-state index contributed by atoms with van der Waals surface area (Å²) in [5.41, 5.74) is 3.74. The summed E-state index contributed by atoms with van der Waals surface area (Å²) in [4.78, 5) is 13.9. The van der Waals surface area contributed by atoms with E-state index in [1.54, 1.807) is 6.07 Å². The molecule has 1 heterocycles. The van der Waals surface area contributed by atoms with Gasteiger partial charge in [-0.05, 0) is 25.2 Å². The number of likely N-dealkylation sites (tertiary alicyclic amines) is 1. The van der Waals surface area contributed by atoms with Crippen LogP contribution in [0.4, 0.5) is 4.39 Å². The summed E-state index contributed by atoms with van der Waals surface area (Å²) in [6.07, 6.45) is 1.72. The molecule has 96 valence electrons. The normalized spacial score (nSPS) is 16.4. The molecule has 1 N–H and O–H groups in total. The highest BCUT2D eigenvalue weighted by Gasteiger charge is 2.12. The van der Waals surface area contributed by atoms with Crippen LogP contribution in [0.5, 0.6) is 0 Å². The Hall–Kier alpha value is -1.75. The van der Waals surface area contributed by atoms with Crippen LogP contribution < -0.4 is 5.43 Å². The van der Waals surface area contributed by atoms with Crippen molar-refractivity contribution in [2.45, 2.75) is 12.8 Å². The molecule has 1 aromatic rings. The van der Waals surface area contributed by atoms with E-state index in [0.717, 1.165) is 31.6 Å². The lowest BCUT2D eigenvalue weighted by Gasteiger charge is -2.22. The predicted molar refractivity (Wildman–Crippen MR) is 68.0 cm³/mol. The smallest absolute Gasteiger partial charge is 0.271 e. The first-order valence-corrected chi connectivity index (χ1v) is 5.95. The van der Waals surface area contributed by atoms with Crippen LogP contribution >= 0.6 is 0 Å². The van der Waals surface area contributed by atoms with Crippen LogP contribution in [-0.2, 0) is 0 Å². The molecule has 18 heavy (non-hydrogen) atoms. The average Bonchev–Trinajstić information content (AvgIpc) is 2.38. The van der Waals surface area contributed by atoms with Crippen LogP contribution in [0, 0.1) is 5.82 Å². The molecular formula is C13H16FN3O. The van der Waals surface area contributed by atoms with Gasteiger partial charge in [0, 0.05) is 37.2 Å². The molecule has 1 aromatic carbocycles. The monoisotopic (exact) mass is 249 g/mol. The highest BCUT2D eigenvalue weighted by Crippen LogP contribution is 2.06. The number of carbonyl (C=O) groups is 1. The zero-order valence-corrected chi connectivity index (χ0v) is 10.3. The topological polar surface area (TPSA) is 44.7 Å². The molecule has 0 spiro atoms. The van der Waals surface area contributed by atoms with Gasteiger partial charge in [-0.2, -0.15) is 5.10 Å². The summed E-state index contributed by atoms with van der Waals surface area (Å²) >= 11 is 0. The Labute approximate surface area is 105 Å². The molecule has 1 fully saturated rings. The minimum Gasteiger partial charge on any atom is -0.306 e. The molecule has 0 atom stereocenters. The van der Waals surface area contributed by atoms with Crippen LogP contribution in [0.15, 0.2) is 29.4 Å². The number of amides is 1. The molecule has 0 unspecified atom stereocenters. The van der Waals surface area contributed by atoms with Gasteiger partial charge in [-0.1, -0.05) is 6.07 Å². The quantitative estimate of drug-likeness (QED) is 0.810. The number of halogens is 1. The van der Waals surface area contributed by atoms with E-state index in [2.05, 4.69) is 22.5 Å². The molecule has 1 amide bonds. The Morgan fingerprint density at radius 3 is 2.78 bits per heavy atom. The second-order valence-electron chi connectivity index (χ2n) is 4.43. The van der Waals surface area contributed by atoms with Crippen LogP contribution in [0.3, 0.4) is 0 Å². The Morgan fingerprint density at radius 1 is 1.39 bits per heavy atom. The zero-order chi connectivity index (χ0) is 13.0. The molecule has 5 heteroatoms. The van der Waals surface area contributed by atoms with Crippen LogP contribution in [0.25, 0.3) is 0 Å². The highest BCUT2D eigenvalue weighted by molar-refractivity contribution is 5.95. The largest absolute Gasteiger partial charge is 0.306 e. The van der Waals surface area contributed by atoms with Crippen molar-refractivity contribution in [1.82, 2.24) is 10.3 Å². The number of piperidine rings is 1. The number of benzene rings is 1. The fraction of sp³-hybridized carbons (Fsp3) is 0.385. The van der Waals surface area contributed by atoms with E-state index >= 15 is 0 Å². The van der Waals surface area contributed by atoms with Crippen molar-refractivity contribution in [1.29, 1.82) is 0 Å². The summed E-state index contributed by atoms with van der Waals surface area (Å²) in [6, 6.07) is 5.57. The van der Waals surface area contributed by atoms with Gasteiger partial charge in [0.05, 0.1) is 0 Å². The molecule has 1 saturated heterocycles. The molecule has 4 nitrogen and oxygen atoms in total. The van der Waals surface area contributed by atoms with Crippen molar-refractivity contribution in [3.8, 4) is 0 Å². The fourth-order valence-electron chi connectivity index (χ4n) is 1.81. The predicted octanol–water partition coefficient (Wildman–Crippen LogP) is 1.64. The Kier molecular flexibility index (Phi) is 4.04. The third kappa shape index (κ3) is 3.37. The van der Waals surface area contributed by atoms with E-state index in [9.17, 15) is 9.18 Å². The van der Waals surface area contributed by atoms with Gasteiger partial charge in [0.1, 0.15) is 5.82 Å². The second kappa shape index (κ2) is 5.73. The van der Waals surface area contributed by atoms with Crippen molar-refractivity contribution in [3.63, 3.8) is 0 Å². The summed E-state index contributed by atoms with van der Waals surface area (Å²) in [5, 5.41) is 4.09. The first-order valence-electron chi connectivity index (χ1n) is 5.95. The van der Waals surface area contributed by atoms with Gasteiger partial charge in [-0.15, -0.1) is 0 Å². The number of hydrogen-bond acceptors (Lipinski definition) is 3. The van der Waals surface area contributed by atoms with E-state index in [4.69, 9.17) is 0 Å². The van der Waals surface area contributed by atoms with Crippen LogP contribution in [0.1, 0.15) is 23.2 Å². The van der Waals surface area contributed by atoms with E-state index in [0.29, 0.717) is 0 Å². The lowest BCUT2D eigenvalue weighted by molar-refractivity contribution is 0.0954.